The first-order valence-corrected chi connectivity index (χ1v) is 13.8. The lowest BCUT2D eigenvalue weighted by Gasteiger charge is -2.30. The Balaban J connectivity index is 1.53. The number of fused-ring (bicyclic) bond motifs is 1. The molecule has 1 aromatic heterocycles. The number of aromatic amines is 1. The fourth-order valence-electron chi connectivity index (χ4n) is 5.08. The summed E-state index contributed by atoms with van der Waals surface area (Å²) in [7, 11) is 1.66. The first-order valence-electron chi connectivity index (χ1n) is 13.8. The molecule has 1 unspecified atom stereocenters. The molecule has 0 aliphatic rings. The third-order valence-electron chi connectivity index (χ3n) is 7.22. The van der Waals surface area contributed by atoms with Crippen LogP contribution >= 0.6 is 0 Å². The van der Waals surface area contributed by atoms with Gasteiger partial charge in [0.1, 0.15) is 0 Å². The normalized spacial score (nSPS) is 11.8. The van der Waals surface area contributed by atoms with E-state index in [-0.39, 0.29) is 24.3 Å². The number of carbonyl (C=O) groups is 2. The SMILES string of the molecule is CCC(C(=O)N(CCCOC)CC(=O)N(CCc1c[nH]c2ccccc12)Cc1ccccc1)c1ccccc1. The number of hydrogen-bond acceptors (Lipinski definition) is 3. The van der Waals surface area contributed by atoms with Crippen LogP contribution in [0.15, 0.2) is 91.1 Å². The summed E-state index contributed by atoms with van der Waals surface area (Å²) in [5.41, 5.74) is 4.32. The molecule has 204 valence electrons. The molecule has 6 heteroatoms. The Labute approximate surface area is 231 Å². The van der Waals surface area contributed by atoms with E-state index in [0.29, 0.717) is 39.1 Å². The van der Waals surface area contributed by atoms with E-state index in [2.05, 4.69) is 17.1 Å². The van der Waals surface area contributed by atoms with Gasteiger partial charge in [0, 0.05) is 50.5 Å². The zero-order valence-electron chi connectivity index (χ0n) is 23.0. The van der Waals surface area contributed by atoms with E-state index in [4.69, 9.17) is 4.74 Å². The number of H-pyrrole nitrogens is 1. The second-order valence-corrected chi connectivity index (χ2v) is 9.89. The first-order chi connectivity index (χ1) is 19.1. The molecular weight excluding hydrogens is 486 g/mol. The highest BCUT2D eigenvalue weighted by atomic mass is 16.5. The van der Waals surface area contributed by atoms with Crippen molar-refractivity contribution in [2.45, 2.75) is 38.6 Å². The Bertz CT molecular complexity index is 1320. The standard InChI is InChI=1S/C33H39N3O3/c1-3-29(27-15-8-5-9-16-27)33(38)36(20-12-22-39-2)25-32(37)35(24-26-13-6-4-7-14-26)21-19-28-23-34-31-18-11-10-17-30(28)31/h4-11,13-18,23,29,34H,3,12,19-22,24-25H2,1-2H3. The molecule has 0 bridgehead atoms. The van der Waals surface area contributed by atoms with Crippen LogP contribution in [0.5, 0.6) is 0 Å². The van der Waals surface area contributed by atoms with E-state index >= 15 is 0 Å². The maximum Gasteiger partial charge on any atom is 0.242 e. The zero-order chi connectivity index (χ0) is 27.5. The summed E-state index contributed by atoms with van der Waals surface area (Å²) in [6, 6.07) is 28.1. The van der Waals surface area contributed by atoms with Gasteiger partial charge in [0.25, 0.3) is 0 Å². The zero-order valence-corrected chi connectivity index (χ0v) is 23.0. The second-order valence-electron chi connectivity index (χ2n) is 9.89. The number of aromatic nitrogens is 1. The Morgan fingerprint density at radius 1 is 0.872 bits per heavy atom. The monoisotopic (exact) mass is 525 g/mol. The number of para-hydroxylation sites is 1. The van der Waals surface area contributed by atoms with Gasteiger partial charge in [-0.3, -0.25) is 9.59 Å². The van der Waals surface area contributed by atoms with Crippen LogP contribution in [0.1, 0.15) is 42.4 Å². The van der Waals surface area contributed by atoms with Gasteiger partial charge >= 0.3 is 0 Å². The van der Waals surface area contributed by atoms with Crippen molar-refractivity contribution in [3.05, 3.63) is 108 Å². The van der Waals surface area contributed by atoms with Crippen molar-refractivity contribution in [1.29, 1.82) is 0 Å². The third-order valence-corrected chi connectivity index (χ3v) is 7.22. The molecule has 0 radical (unpaired) electrons. The smallest absolute Gasteiger partial charge is 0.242 e. The average molecular weight is 526 g/mol. The molecular formula is C33H39N3O3. The van der Waals surface area contributed by atoms with Crippen LogP contribution in [0.4, 0.5) is 0 Å². The van der Waals surface area contributed by atoms with Gasteiger partial charge < -0.3 is 19.5 Å². The van der Waals surface area contributed by atoms with Gasteiger partial charge in [-0.05, 0) is 42.0 Å². The van der Waals surface area contributed by atoms with Crippen molar-refractivity contribution >= 4 is 22.7 Å². The molecule has 4 aromatic rings. The minimum Gasteiger partial charge on any atom is -0.385 e. The third kappa shape index (κ3) is 7.58. The number of rotatable bonds is 14. The summed E-state index contributed by atoms with van der Waals surface area (Å²) in [6.07, 6.45) is 4.10. The maximum absolute atomic E-state index is 13.9. The van der Waals surface area contributed by atoms with Crippen LogP contribution in [-0.2, 0) is 27.3 Å². The summed E-state index contributed by atoms with van der Waals surface area (Å²) in [6.45, 7) is 4.14. The molecule has 4 rings (SSSR count). The van der Waals surface area contributed by atoms with E-state index in [1.54, 1.807) is 12.0 Å². The number of carbonyl (C=O) groups excluding carboxylic acids is 2. The van der Waals surface area contributed by atoms with Gasteiger partial charge in [0.05, 0.1) is 12.5 Å². The molecule has 2 amide bonds. The number of methoxy groups -OCH3 is 1. The molecule has 6 nitrogen and oxygen atoms in total. The molecule has 39 heavy (non-hydrogen) atoms. The van der Waals surface area contributed by atoms with E-state index in [1.807, 2.05) is 90.8 Å². The molecule has 0 aliphatic carbocycles. The van der Waals surface area contributed by atoms with Crippen LogP contribution in [0.3, 0.4) is 0 Å². The maximum atomic E-state index is 13.9. The highest BCUT2D eigenvalue weighted by Gasteiger charge is 2.27. The Kier molecular flexibility index (Phi) is 10.3. The summed E-state index contributed by atoms with van der Waals surface area (Å²) in [5.74, 6) is -0.341. The fourth-order valence-corrected chi connectivity index (χ4v) is 5.08. The number of benzene rings is 3. The van der Waals surface area contributed by atoms with Gasteiger partial charge in [-0.15, -0.1) is 0 Å². The number of hydrogen-bond donors (Lipinski definition) is 1. The van der Waals surface area contributed by atoms with Crippen LogP contribution in [0.25, 0.3) is 10.9 Å². The first kappa shape index (κ1) is 28.1. The van der Waals surface area contributed by atoms with Crippen molar-refractivity contribution < 1.29 is 14.3 Å². The minimum absolute atomic E-state index is 0.00978. The predicted octanol–water partition coefficient (Wildman–Crippen LogP) is 5.80. The molecule has 3 aromatic carbocycles. The predicted molar refractivity (Wildman–Crippen MR) is 156 cm³/mol. The molecule has 0 saturated carbocycles. The fraction of sp³-hybridized carbons (Fsp3) is 0.333. The van der Waals surface area contributed by atoms with Gasteiger partial charge in [-0.1, -0.05) is 85.8 Å². The topological polar surface area (TPSA) is 65.6 Å². The van der Waals surface area contributed by atoms with Gasteiger partial charge in [-0.25, -0.2) is 0 Å². The summed E-state index contributed by atoms with van der Waals surface area (Å²) in [5, 5.41) is 1.18. The Morgan fingerprint density at radius 2 is 1.56 bits per heavy atom. The van der Waals surface area contributed by atoms with Crippen molar-refractivity contribution in [1.82, 2.24) is 14.8 Å². The summed E-state index contributed by atoms with van der Waals surface area (Å²) >= 11 is 0. The molecule has 1 N–H and O–H groups in total. The van der Waals surface area contributed by atoms with Crippen LogP contribution in [-0.4, -0.2) is 59.9 Å². The molecule has 0 spiro atoms. The van der Waals surface area contributed by atoms with Crippen LogP contribution < -0.4 is 0 Å². The van der Waals surface area contributed by atoms with E-state index in [1.165, 1.54) is 10.9 Å². The minimum atomic E-state index is -0.282. The highest BCUT2D eigenvalue weighted by molar-refractivity contribution is 5.89. The van der Waals surface area contributed by atoms with E-state index < -0.39 is 0 Å². The molecule has 1 atom stereocenters. The van der Waals surface area contributed by atoms with Crippen molar-refractivity contribution in [2.24, 2.45) is 0 Å². The van der Waals surface area contributed by atoms with Crippen molar-refractivity contribution in [3.8, 4) is 0 Å². The Morgan fingerprint density at radius 3 is 2.28 bits per heavy atom. The number of nitrogens with zero attached hydrogens (tertiary/aromatic N) is 2. The number of amides is 2. The lowest BCUT2D eigenvalue weighted by Crippen LogP contribution is -2.45. The largest absolute Gasteiger partial charge is 0.385 e. The lowest BCUT2D eigenvalue weighted by molar-refractivity contribution is -0.142. The summed E-state index contributed by atoms with van der Waals surface area (Å²) in [4.78, 5) is 34.6. The van der Waals surface area contributed by atoms with Crippen LogP contribution in [0, 0.1) is 0 Å². The average Bonchev–Trinajstić information content (AvgIpc) is 3.39. The van der Waals surface area contributed by atoms with Gasteiger partial charge in [-0.2, -0.15) is 0 Å². The molecule has 0 fully saturated rings. The quantitative estimate of drug-likeness (QED) is 0.212. The lowest BCUT2D eigenvalue weighted by atomic mass is 9.95. The van der Waals surface area contributed by atoms with Crippen LogP contribution in [0.2, 0.25) is 0 Å². The molecule has 1 heterocycles. The molecule has 0 aliphatic heterocycles. The van der Waals surface area contributed by atoms with Gasteiger partial charge in [0.2, 0.25) is 11.8 Å². The highest BCUT2D eigenvalue weighted by Crippen LogP contribution is 2.23. The van der Waals surface area contributed by atoms with Crippen molar-refractivity contribution in [3.63, 3.8) is 0 Å². The van der Waals surface area contributed by atoms with E-state index in [9.17, 15) is 9.59 Å². The van der Waals surface area contributed by atoms with Crippen molar-refractivity contribution in [2.75, 3.05) is 33.4 Å². The van der Waals surface area contributed by atoms with E-state index in [0.717, 1.165) is 23.1 Å². The number of ether oxygens (including phenoxy) is 1. The summed E-state index contributed by atoms with van der Waals surface area (Å²) < 4.78 is 5.25. The number of nitrogens with one attached hydrogen (secondary N) is 1. The second kappa shape index (κ2) is 14.3. The Hall–Kier alpha value is -3.90. The molecule has 0 saturated heterocycles. The van der Waals surface area contributed by atoms with Gasteiger partial charge in [0.15, 0.2) is 0 Å².